The van der Waals surface area contributed by atoms with E-state index < -0.39 is 0 Å². The number of likely N-dealkylation sites (tertiary alicyclic amines) is 1. The van der Waals surface area contributed by atoms with Crippen LogP contribution in [0.2, 0.25) is 0 Å². The molecule has 0 aromatic carbocycles. The summed E-state index contributed by atoms with van der Waals surface area (Å²) >= 11 is 0. The van der Waals surface area contributed by atoms with Gasteiger partial charge in [-0.1, -0.05) is 19.1 Å². The second kappa shape index (κ2) is 8.23. The molecule has 9 nitrogen and oxygen atoms in total. The van der Waals surface area contributed by atoms with Crippen LogP contribution in [0.4, 0.5) is 0 Å². The Morgan fingerprint density at radius 2 is 2.24 bits per heavy atom. The average molecular weight is 402 g/mol. The Kier molecular flexibility index (Phi) is 5.69. The Hall–Kier alpha value is -2.26. The molecule has 2 aliphatic rings. The number of nitrogens with zero attached hydrogens (tertiary/aromatic N) is 6. The van der Waals surface area contributed by atoms with Gasteiger partial charge in [-0.2, -0.15) is 5.10 Å². The van der Waals surface area contributed by atoms with Crippen LogP contribution in [0.15, 0.2) is 12.3 Å². The van der Waals surface area contributed by atoms with Gasteiger partial charge in [-0.25, -0.2) is 4.68 Å². The summed E-state index contributed by atoms with van der Waals surface area (Å²) < 4.78 is 9.98. The normalized spacial score (nSPS) is 21.8. The molecule has 0 aliphatic carbocycles. The van der Waals surface area contributed by atoms with Crippen LogP contribution in [-0.4, -0.2) is 60.8 Å². The Morgan fingerprint density at radius 1 is 1.38 bits per heavy atom. The number of carbonyl (C=O) groups excluding carboxylic acids is 1. The van der Waals surface area contributed by atoms with Crippen LogP contribution in [0, 0.1) is 5.92 Å². The summed E-state index contributed by atoms with van der Waals surface area (Å²) in [7, 11) is 0. The molecule has 4 heterocycles. The first kappa shape index (κ1) is 20.0. The van der Waals surface area contributed by atoms with Crippen molar-refractivity contribution in [2.75, 3.05) is 19.6 Å². The maximum atomic E-state index is 12.4. The van der Waals surface area contributed by atoms with Crippen LogP contribution in [0.1, 0.15) is 55.5 Å². The van der Waals surface area contributed by atoms with Crippen molar-refractivity contribution in [1.82, 2.24) is 35.0 Å². The van der Waals surface area contributed by atoms with Crippen molar-refractivity contribution < 1.29 is 9.53 Å². The number of carbonyl (C=O) groups is 1. The lowest BCUT2D eigenvalue weighted by atomic mass is 10.0. The molecule has 2 aromatic heterocycles. The molecule has 158 valence electrons. The van der Waals surface area contributed by atoms with Crippen molar-refractivity contribution in [1.29, 1.82) is 0 Å². The van der Waals surface area contributed by atoms with Crippen molar-refractivity contribution in [2.45, 2.75) is 65.5 Å². The number of rotatable bonds is 7. The molecule has 0 radical (unpaired) electrons. The first-order valence-corrected chi connectivity index (χ1v) is 10.6. The number of amides is 1. The Bertz CT molecular complexity index is 859. The number of ether oxygens (including phenoxy) is 1. The Morgan fingerprint density at radius 3 is 3.03 bits per heavy atom. The summed E-state index contributed by atoms with van der Waals surface area (Å²) in [4.78, 5) is 14.9. The maximum absolute atomic E-state index is 12.4. The van der Waals surface area contributed by atoms with E-state index in [2.05, 4.69) is 39.5 Å². The summed E-state index contributed by atoms with van der Waals surface area (Å²) in [5, 5.41) is 15.7. The molecule has 4 rings (SSSR count). The molecule has 1 unspecified atom stereocenters. The van der Waals surface area contributed by atoms with Gasteiger partial charge in [0.2, 0.25) is 0 Å². The third-order valence-corrected chi connectivity index (χ3v) is 5.95. The molecular weight excluding hydrogens is 370 g/mol. The summed E-state index contributed by atoms with van der Waals surface area (Å²) in [6.45, 7) is 11.8. The summed E-state index contributed by atoms with van der Waals surface area (Å²) in [5.41, 5.74) is 2.12. The first-order chi connectivity index (χ1) is 14.0. The molecular formula is C20H31N7O2. The lowest BCUT2D eigenvalue weighted by molar-refractivity contribution is -0.0842. The highest BCUT2D eigenvalue weighted by molar-refractivity contribution is 5.92. The van der Waals surface area contributed by atoms with E-state index in [0.717, 1.165) is 49.9 Å². The van der Waals surface area contributed by atoms with Gasteiger partial charge in [0.05, 0.1) is 25.4 Å². The van der Waals surface area contributed by atoms with Crippen molar-refractivity contribution in [3.63, 3.8) is 0 Å². The smallest absolute Gasteiger partial charge is 0.269 e. The zero-order chi connectivity index (χ0) is 20.4. The third-order valence-electron chi connectivity index (χ3n) is 5.95. The molecule has 9 heteroatoms. The van der Waals surface area contributed by atoms with Gasteiger partial charge in [0.1, 0.15) is 17.0 Å². The van der Waals surface area contributed by atoms with Gasteiger partial charge >= 0.3 is 0 Å². The van der Waals surface area contributed by atoms with Crippen LogP contribution in [-0.2, 0) is 31.0 Å². The lowest BCUT2D eigenvalue weighted by Crippen LogP contribution is -2.44. The molecule has 1 saturated heterocycles. The molecule has 1 atom stereocenters. The van der Waals surface area contributed by atoms with Gasteiger partial charge in [0.15, 0.2) is 0 Å². The highest BCUT2D eigenvalue weighted by Gasteiger charge is 2.43. The van der Waals surface area contributed by atoms with Gasteiger partial charge in [0, 0.05) is 25.8 Å². The number of fused-ring (bicyclic) bond motifs is 1. The molecule has 1 amide bonds. The number of aryl methyl sites for hydroxylation is 1. The van der Waals surface area contributed by atoms with Gasteiger partial charge in [-0.3, -0.25) is 9.48 Å². The van der Waals surface area contributed by atoms with Crippen molar-refractivity contribution in [3.8, 4) is 0 Å². The van der Waals surface area contributed by atoms with E-state index in [1.54, 1.807) is 16.9 Å². The van der Waals surface area contributed by atoms with Crippen LogP contribution in [0.25, 0.3) is 0 Å². The fourth-order valence-corrected chi connectivity index (χ4v) is 4.17. The van der Waals surface area contributed by atoms with Gasteiger partial charge in [0.25, 0.3) is 5.91 Å². The fourth-order valence-electron chi connectivity index (χ4n) is 4.17. The molecule has 1 spiro atoms. The SMILES string of the molecule is CCn1nccc1C(=O)NCc1nnn2c1COC1(CCN(CCC(C)C)C1)C2. The largest absolute Gasteiger partial charge is 0.365 e. The number of hydrogen-bond acceptors (Lipinski definition) is 6. The molecule has 1 N–H and O–H groups in total. The maximum Gasteiger partial charge on any atom is 0.269 e. The highest BCUT2D eigenvalue weighted by Crippen LogP contribution is 2.32. The summed E-state index contributed by atoms with van der Waals surface area (Å²) in [5.74, 6) is 0.561. The minimum atomic E-state index is -0.161. The van der Waals surface area contributed by atoms with Crippen LogP contribution < -0.4 is 5.32 Å². The Balaban J connectivity index is 1.36. The lowest BCUT2D eigenvalue weighted by Gasteiger charge is -2.34. The van der Waals surface area contributed by atoms with Gasteiger partial charge in [-0.15, -0.1) is 5.10 Å². The van der Waals surface area contributed by atoms with Gasteiger partial charge in [-0.05, 0) is 38.3 Å². The van der Waals surface area contributed by atoms with Crippen LogP contribution >= 0.6 is 0 Å². The standard InChI is InChI=1S/C20H31N7O2/c1-4-26-17(5-8-22-26)19(28)21-11-16-18-12-29-20(14-27(18)24-23-16)7-10-25(13-20)9-6-15(2)3/h5,8,15H,4,6-7,9-14H2,1-3H3,(H,21,28). The minimum Gasteiger partial charge on any atom is -0.365 e. The quantitative estimate of drug-likeness (QED) is 0.755. The fraction of sp³-hybridized carbons (Fsp3) is 0.700. The third kappa shape index (κ3) is 4.20. The first-order valence-electron chi connectivity index (χ1n) is 10.6. The van der Waals surface area contributed by atoms with Crippen molar-refractivity contribution >= 4 is 5.91 Å². The highest BCUT2D eigenvalue weighted by atomic mass is 16.5. The number of nitrogens with one attached hydrogen (secondary N) is 1. The van der Waals surface area contributed by atoms with E-state index >= 15 is 0 Å². The van der Waals surface area contributed by atoms with E-state index in [1.807, 2.05) is 11.6 Å². The molecule has 1 fully saturated rings. The second-order valence-corrected chi connectivity index (χ2v) is 8.54. The zero-order valence-corrected chi connectivity index (χ0v) is 17.6. The number of hydrogen-bond donors (Lipinski definition) is 1. The summed E-state index contributed by atoms with van der Waals surface area (Å²) in [6.07, 6.45) is 3.88. The van der Waals surface area contributed by atoms with E-state index in [9.17, 15) is 4.79 Å². The van der Waals surface area contributed by atoms with Crippen molar-refractivity contribution in [2.24, 2.45) is 5.92 Å². The van der Waals surface area contributed by atoms with E-state index in [1.165, 1.54) is 6.42 Å². The summed E-state index contributed by atoms with van der Waals surface area (Å²) in [6, 6.07) is 1.72. The predicted molar refractivity (Wildman–Crippen MR) is 107 cm³/mol. The molecule has 0 bridgehead atoms. The number of aromatic nitrogens is 5. The van der Waals surface area contributed by atoms with E-state index in [4.69, 9.17) is 4.74 Å². The average Bonchev–Trinajstić information content (AvgIpc) is 3.43. The molecule has 29 heavy (non-hydrogen) atoms. The molecule has 2 aliphatic heterocycles. The minimum absolute atomic E-state index is 0.157. The van der Waals surface area contributed by atoms with Crippen LogP contribution in [0.5, 0.6) is 0 Å². The van der Waals surface area contributed by atoms with Crippen LogP contribution in [0.3, 0.4) is 0 Å². The predicted octanol–water partition coefficient (Wildman–Crippen LogP) is 1.45. The van der Waals surface area contributed by atoms with E-state index in [-0.39, 0.29) is 11.5 Å². The topological polar surface area (TPSA) is 90.1 Å². The monoisotopic (exact) mass is 401 g/mol. The Labute approximate surface area is 171 Å². The van der Waals surface area contributed by atoms with Gasteiger partial charge < -0.3 is 15.0 Å². The second-order valence-electron chi connectivity index (χ2n) is 8.54. The van der Waals surface area contributed by atoms with Crippen molar-refractivity contribution in [3.05, 3.63) is 29.3 Å². The zero-order valence-electron chi connectivity index (χ0n) is 17.6. The van der Waals surface area contributed by atoms with E-state index in [0.29, 0.717) is 25.4 Å². The molecule has 2 aromatic rings. The molecule has 0 saturated carbocycles.